The first-order chi connectivity index (χ1) is 8.04. The molecule has 1 unspecified atom stereocenters. The van der Waals surface area contributed by atoms with Crippen molar-refractivity contribution in [2.45, 2.75) is 31.7 Å². The molecular formula is C11H16O6. The number of carbonyl (C=O) groups is 2. The molecule has 1 N–H and O–H groups in total. The van der Waals surface area contributed by atoms with E-state index in [2.05, 4.69) is 6.58 Å². The van der Waals surface area contributed by atoms with Crippen LogP contribution in [0.25, 0.3) is 0 Å². The van der Waals surface area contributed by atoms with Crippen molar-refractivity contribution in [1.82, 2.24) is 0 Å². The lowest BCUT2D eigenvalue weighted by molar-refractivity contribution is -0.147. The number of carbonyl (C=O) groups excluding carboxylic acids is 1. The minimum absolute atomic E-state index is 0.0658. The van der Waals surface area contributed by atoms with E-state index in [1.807, 2.05) is 0 Å². The zero-order valence-corrected chi connectivity index (χ0v) is 9.63. The van der Waals surface area contributed by atoms with E-state index in [0.717, 1.165) is 19.4 Å². The van der Waals surface area contributed by atoms with Crippen LogP contribution in [0, 0.1) is 0 Å². The molecule has 0 aromatic carbocycles. The molecule has 0 aromatic rings. The zero-order valence-electron chi connectivity index (χ0n) is 9.63. The summed E-state index contributed by atoms with van der Waals surface area (Å²) in [6.45, 7) is 5.55. The third-order valence-electron chi connectivity index (χ3n) is 2.35. The van der Waals surface area contributed by atoms with E-state index < -0.39 is 11.9 Å². The third-order valence-corrected chi connectivity index (χ3v) is 2.35. The Morgan fingerprint density at radius 1 is 1.47 bits per heavy atom. The van der Waals surface area contributed by atoms with E-state index in [4.69, 9.17) is 24.1 Å². The van der Waals surface area contributed by atoms with E-state index in [9.17, 15) is 4.79 Å². The monoisotopic (exact) mass is 244 g/mol. The van der Waals surface area contributed by atoms with Gasteiger partial charge in [-0.2, -0.15) is 0 Å². The molecule has 96 valence electrons. The van der Waals surface area contributed by atoms with Crippen LogP contribution in [0.4, 0.5) is 0 Å². The summed E-state index contributed by atoms with van der Waals surface area (Å²) in [7, 11) is 0. The summed E-state index contributed by atoms with van der Waals surface area (Å²) < 4.78 is 15.9. The van der Waals surface area contributed by atoms with E-state index in [0.29, 0.717) is 13.2 Å². The summed E-state index contributed by atoms with van der Waals surface area (Å²) in [5.41, 5.74) is 0. The molecule has 2 rings (SSSR count). The number of carboxylic acid groups (broad SMARTS) is 1. The standard InChI is InChI=1S/C9H12O4.C2H4O2/c1-2-8(10)13-7-5-12-6-3-4-11-9(6)7;1-2(3)4/h2,6-7,9H,1,3-5H2;1H3,(H,3,4)/t6-,7?,9+;/m1./s1. The molecule has 0 aliphatic carbocycles. The van der Waals surface area contributed by atoms with Crippen LogP contribution in [0.2, 0.25) is 0 Å². The van der Waals surface area contributed by atoms with Crippen molar-refractivity contribution in [3.05, 3.63) is 12.7 Å². The smallest absolute Gasteiger partial charge is 0.330 e. The molecule has 0 radical (unpaired) electrons. The van der Waals surface area contributed by atoms with Crippen LogP contribution in [0.15, 0.2) is 12.7 Å². The van der Waals surface area contributed by atoms with E-state index >= 15 is 0 Å². The van der Waals surface area contributed by atoms with Crippen molar-refractivity contribution < 1.29 is 28.9 Å². The second-order valence-electron chi connectivity index (χ2n) is 3.69. The number of esters is 1. The van der Waals surface area contributed by atoms with Crippen molar-refractivity contribution >= 4 is 11.9 Å². The molecule has 0 aromatic heterocycles. The van der Waals surface area contributed by atoms with E-state index in [-0.39, 0.29) is 18.3 Å². The molecule has 2 heterocycles. The Morgan fingerprint density at radius 2 is 2.12 bits per heavy atom. The van der Waals surface area contributed by atoms with Crippen LogP contribution in [0.3, 0.4) is 0 Å². The summed E-state index contributed by atoms with van der Waals surface area (Å²) in [5.74, 6) is -1.25. The summed E-state index contributed by atoms with van der Waals surface area (Å²) in [6.07, 6.45) is 1.85. The first-order valence-electron chi connectivity index (χ1n) is 5.30. The Balaban J connectivity index is 0.000000317. The minimum Gasteiger partial charge on any atom is -0.481 e. The Morgan fingerprint density at radius 3 is 2.71 bits per heavy atom. The van der Waals surface area contributed by atoms with Crippen molar-refractivity contribution in [1.29, 1.82) is 0 Å². The van der Waals surface area contributed by atoms with Gasteiger partial charge in [0.25, 0.3) is 5.97 Å². The maximum absolute atomic E-state index is 10.9. The van der Waals surface area contributed by atoms with Gasteiger partial charge in [0.1, 0.15) is 6.10 Å². The lowest BCUT2D eigenvalue weighted by Crippen LogP contribution is -2.31. The molecule has 2 fully saturated rings. The summed E-state index contributed by atoms with van der Waals surface area (Å²) in [5, 5.41) is 7.42. The van der Waals surface area contributed by atoms with Gasteiger partial charge in [-0.15, -0.1) is 0 Å². The van der Waals surface area contributed by atoms with Gasteiger partial charge in [0.2, 0.25) is 0 Å². The molecule has 3 atom stereocenters. The van der Waals surface area contributed by atoms with Gasteiger partial charge >= 0.3 is 5.97 Å². The average Bonchev–Trinajstić information content (AvgIpc) is 2.81. The van der Waals surface area contributed by atoms with Gasteiger partial charge in [0.15, 0.2) is 6.10 Å². The second kappa shape index (κ2) is 6.36. The number of hydrogen-bond donors (Lipinski definition) is 1. The normalized spacial score (nSPS) is 29.8. The highest BCUT2D eigenvalue weighted by atomic mass is 16.6. The Hall–Kier alpha value is -1.40. The number of aliphatic carboxylic acids is 1. The molecule has 0 amide bonds. The molecule has 17 heavy (non-hydrogen) atoms. The molecule has 0 spiro atoms. The van der Waals surface area contributed by atoms with Gasteiger partial charge < -0.3 is 19.3 Å². The zero-order chi connectivity index (χ0) is 12.8. The van der Waals surface area contributed by atoms with Gasteiger partial charge in [0, 0.05) is 19.6 Å². The highest BCUT2D eigenvalue weighted by Gasteiger charge is 2.43. The highest BCUT2D eigenvalue weighted by Crippen LogP contribution is 2.28. The molecule has 6 nitrogen and oxygen atoms in total. The average molecular weight is 244 g/mol. The van der Waals surface area contributed by atoms with Gasteiger partial charge in [-0.1, -0.05) is 6.58 Å². The van der Waals surface area contributed by atoms with Gasteiger partial charge in [-0.25, -0.2) is 4.79 Å². The Bertz CT molecular complexity index is 296. The summed E-state index contributed by atoms with van der Waals surface area (Å²) in [4.78, 5) is 19.9. The van der Waals surface area contributed by atoms with E-state index in [1.165, 1.54) is 0 Å². The molecule has 0 bridgehead atoms. The van der Waals surface area contributed by atoms with Crippen molar-refractivity contribution in [2.24, 2.45) is 0 Å². The fraction of sp³-hybridized carbons (Fsp3) is 0.636. The van der Waals surface area contributed by atoms with Crippen molar-refractivity contribution in [3.63, 3.8) is 0 Å². The van der Waals surface area contributed by atoms with Crippen LogP contribution in [-0.2, 0) is 23.8 Å². The fourth-order valence-corrected chi connectivity index (χ4v) is 1.73. The number of rotatable bonds is 2. The van der Waals surface area contributed by atoms with Crippen molar-refractivity contribution in [2.75, 3.05) is 13.2 Å². The largest absolute Gasteiger partial charge is 0.481 e. The van der Waals surface area contributed by atoms with Crippen LogP contribution in [0.5, 0.6) is 0 Å². The molecule has 2 saturated heterocycles. The van der Waals surface area contributed by atoms with Gasteiger partial charge in [-0.3, -0.25) is 4.79 Å². The molecule has 2 aliphatic rings. The summed E-state index contributed by atoms with van der Waals surface area (Å²) >= 11 is 0. The Kier molecular flexibility index (Phi) is 5.11. The highest BCUT2D eigenvalue weighted by molar-refractivity contribution is 5.81. The molecule has 6 heteroatoms. The quantitative estimate of drug-likeness (QED) is 0.558. The Labute approximate surface area is 99.2 Å². The van der Waals surface area contributed by atoms with Crippen LogP contribution < -0.4 is 0 Å². The number of carboxylic acids is 1. The first kappa shape index (κ1) is 13.7. The predicted octanol–water partition coefficient (Wildman–Crippen LogP) is 0.363. The molecular weight excluding hydrogens is 228 g/mol. The number of hydrogen-bond acceptors (Lipinski definition) is 5. The van der Waals surface area contributed by atoms with E-state index in [1.54, 1.807) is 0 Å². The second-order valence-corrected chi connectivity index (χ2v) is 3.69. The maximum Gasteiger partial charge on any atom is 0.330 e. The SMILES string of the molecule is C=CC(=O)OC1CO[C@@H]2CCO[C@H]12.CC(=O)O. The minimum atomic E-state index is -0.833. The third kappa shape index (κ3) is 4.16. The first-order valence-corrected chi connectivity index (χ1v) is 5.30. The van der Waals surface area contributed by atoms with Crippen LogP contribution >= 0.6 is 0 Å². The van der Waals surface area contributed by atoms with Crippen LogP contribution in [0.1, 0.15) is 13.3 Å². The van der Waals surface area contributed by atoms with Gasteiger partial charge in [0.05, 0.1) is 12.7 Å². The predicted molar refractivity (Wildman–Crippen MR) is 57.5 cm³/mol. The maximum atomic E-state index is 10.9. The van der Waals surface area contributed by atoms with Crippen LogP contribution in [-0.4, -0.2) is 48.6 Å². The number of ether oxygens (including phenoxy) is 3. The molecule has 0 saturated carbocycles. The lowest BCUT2D eigenvalue weighted by Gasteiger charge is -2.15. The lowest BCUT2D eigenvalue weighted by atomic mass is 10.1. The number of fused-ring (bicyclic) bond motifs is 1. The summed E-state index contributed by atoms with van der Waals surface area (Å²) in [6, 6.07) is 0. The topological polar surface area (TPSA) is 82.1 Å². The fourth-order valence-electron chi connectivity index (χ4n) is 1.73. The van der Waals surface area contributed by atoms with Crippen molar-refractivity contribution in [3.8, 4) is 0 Å². The van der Waals surface area contributed by atoms with Gasteiger partial charge in [-0.05, 0) is 6.42 Å². The molecule has 2 aliphatic heterocycles.